The summed E-state index contributed by atoms with van der Waals surface area (Å²) in [6, 6.07) is 14.9. The number of ether oxygens (including phenoxy) is 2. The van der Waals surface area contributed by atoms with Crippen molar-refractivity contribution in [1.29, 1.82) is 0 Å². The van der Waals surface area contributed by atoms with Gasteiger partial charge in [0.1, 0.15) is 17.2 Å². The molecule has 2 aromatic carbocycles. The molecule has 0 bridgehead atoms. The van der Waals surface area contributed by atoms with E-state index >= 15 is 0 Å². The second-order valence-corrected chi connectivity index (χ2v) is 6.39. The van der Waals surface area contributed by atoms with E-state index in [4.69, 9.17) is 9.47 Å². The summed E-state index contributed by atoms with van der Waals surface area (Å²) < 4.78 is 10.5. The van der Waals surface area contributed by atoms with E-state index in [1.807, 2.05) is 25.1 Å². The number of rotatable bonds is 6. The van der Waals surface area contributed by atoms with Crippen molar-refractivity contribution in [2.45, 2.75) is 13.8 Å². The molecule has 0 atom stereocenters. The molecule has 3 rings (SSSR count). The third-order valence-electron chi connectivity index (χ3n) is 4.31. The maximum absolute atomic E-state index is 12.7. The molecular weight excluding hydrogens is 354 g/mol. The van der Waals surface area contributed by atoms with Gasteiger partial charge in [-0.15, -0.1) is 0 Å². The highest BCUT2D eigenvalue weighted by Gasteiger charge is 2.13. The second-order valence-electron chi connectivity index (χ2n) is 6.39. The lowest BCUT2D eigenvalue weighted by atomic mass is 10.1. The Morgan fingerprint density at radius 1 is 0.929 bits per heavy atom. The van der Waals surface area contributed by atoms with Gasteiger partial charge >= 0.3 is 0 Å². The highest BCUT2D eigenvalue weighted by atomic mass is 16.5. The van der Waals surface area contributed by atoms with Crippen LogP contribution in [0.3, 0.4) is 0 Å². The van der Waals surface area contributed by atoms with Gasteiger partial charge in [0.05, 0.1) is 19.9 Å². The zero-order valence-electron chi connectivity index (χ0n) is 16.4. The quantitative estimate of drug-likeness (QED) is 0.651. The molecule has 0 saturated carbocycles. The number of pyridine rings is 1. The van der Waals surface area contributed by atoms with Crippen LogP contribution in [0.1, 0.15) is 21.6 Å². The molecule has 3 aromatic rings. The van der Waals surface area contributed by atoms with Gasteiger partial charge in [-0.1, -0.05) is 17.7 Å². The molecule has 144 valence electrons. The standard InChI is InChI=1S/C22H23N3O3/c1-14-5-7-18(15(2)11-14)24-16-9-10-23-20(12-16)22(26)25-19-13-17(27-3)6-8-21(19)28-4/h5-13H,1-4H3,(H,23,24)(H,25,26). The molecule has 6 nitrogen and oxygen atoms in total. The topological polar surface area (TPSA) is 72.5 Å². The lowest BCUT2D eigenvalue weighted by Gasteiger charge is -2.13. The summed E-state index contributed by atoms with van der Waals surface area (Å²) in [7, 11) is 3.11. The number of carbonyl (C=O) groups excluding carboxylic acids is 1. The van der Waals surface area contributed by atoms with Crippen LogP contribution >= 0.6 is 0 Å². The molecule has 28 heavy (non-hydrogen) atoms. The van der Waals surface area contributed by atoms with Crippen LogP contribution in [-0.4, -0.2) is 25.1 Å². The molecule has 0 saturated heterocycles. The van der Waals surface area contributed by atoms with Crippen molar-refractivity contribution in [3.63, 3.8) is 0 Å². The predicted molar refractivity (Wildman–Crippen MR) is 111 cm³/mol. The van der Waals surface area contributed by atoms with Crippen molar-refractivity contribution in [2.75, 3.05) is 24.9 Å². The monoisotopic (exact) mass is 377 g/mol. The molecular formula is C22H23N3O3. The third-order valence-corrected chi connectivity index (χ3v) is 4.31. The van der Waals surface area contributed by atoms with Crippen LogP contribution in [-0.2, 0) is 0 Å². The Kier molecular flexibility index (Phi) is 5.79. The van der Waals surface area contributed by atoms with E-state index < -0.39 is 0 Å². The van der Waals surface area contributed by atoms with Gasteiger partial charge in [0, 0.05) is 23.6 Å². The summed E-state index contributed by atoms with van der Waals surface area (Å²) in [5, 5.41) is 6.16. The Labute approximate surface area is 164 Å². The molecule has 1 heterocycles. The Balaban J connectivity index is 1.81. The molecule has 0 fully saturated rings. The second kappa shape index (κ2) is 8.43. The Morgan fingerprint density at radius 2 is 1.75 bits per heavy atom. The summed E-state index contributed by atoms with van der Waals surface area (Å²) in [5.41, 5.74) is 4.90. The molecule has 0 spiro atoms. The van der Waals surface area contributed by atoms with Crippen LogP contribution < -0.4 is 20.1 Å². The molecule has 0 radical (unpaired) electrons. The molecule has 0 aliphatic rings. The predicted octanol–water partition coefficient (Wildman–Crippen LogP) is 4.71. The highest BCUT2D eigenvalue weighted by molar-refractivity contribution is 6.04. The van der Waals surface area contributed by atoms with Crippen LogP contribution in [0.15, 0.2) is 54.7 Å². The fourth-order valence-corrected chi connectivity index (χ4v) is 2.84. The van der Waals surface area contributed by atoms with Gasteiger partial charge in [-0.25, -0.2) is 0 Å². The first-order valence-corrected chi connectivity index (χ1v) is 8.84. The fraction of sp³-hybridized carbons (Fsp3) is 0.182. The lowest BCUT2D eigenvalue weighted by molar-refractivity contribution is 0.102. The van der Waals surface area contributed by atoms with Gasteiger partial charge in [-0.3, -0.25) is 9.78 Å². The van der Waals surface area contributed by atoms with E-state index in [0.29, 0.717) is 22.9 Å². The largest absolute Gasteiger partial charge is 0.497 e. The maximum atomic E-state index is 12.7. The molecule has 0 unspecified atom stereocenters. The normalized spacial score (nSPS) is 10.3. The number of nitrogens with one attached hydrogen (secondary N) is 2. The molecule has 0 aliphatic carbocycles. The van der Waals surface area contributed by atoms with Gasteiger partial charge in [-0.2, -0.15) is 0 Å². The van der Waals surface area contributed by atoms with E-state index in [-0.39, 0.29) is 5.91 Å². The van der Waals surface area contributed by atoms with Crippen molar-refractivity contribution >= 4 is 23.0 Å². The number of methoxy groups -OCH3 is 2. The average molecular weight is 377 g/mol. The number of anilines is 3. The van der Waals surface area contributed by atoms with Crippen LogP contribution in [0.5, 0.6) is 11.5 Å². The van der Waals surface area contributed by atoms with Crippen LogP contribution in [0.25, 0.3) is 0 Å². The Bertz CT molecular complexity index is 1000. The van der Waals surface area contributed by atoms with Gasteiger partial charge in [0.15, 0.2) is 0 Å². The van der Waals surface area contributed by atoms with Crippen LogP contribution in [0, 0.1) is 13.8 Å². The van der Waals surface area contributed by atoms with Gasteiger partial charge < -0.3 is 20.1 Å². The summed E-state index contributed by atoms with van der Waals surface area (Å²) in [6.45, 7) is 4.09. The summed E-state index contributed by atoms with van der Waals surface area (Å²) in [4.78, 5) is 16.9. The first-order valence-electron chi connectivity index (χ1n) is 8.84. The number of aryl methyl sites for hydroxylation is 2. The molecule has 1 amide bonds. The van der Waals surface area contributed by atoms with E-state index in [0.717, 1.165) is 16.9 Å². The Morgan fingerprint density at radius 3 is 2.46 bits per heavy atom. The van der Waals surface area contributed by atoms with Gasteiger partial charge in [0.2, 0.25) is 0 Å². The first-order chi connectivity index (χ1) is 13.5. The smallest absolute Gasteiger partial charge is 0.274 e. The van der Waals surface area contributed by atoms with E-state index in [9.17, 15) is 4.79 Å². The Hall–Kier alpha value is -3.54. The highest BCUT2D eigenvalue weighted by Crippen LogP contribution is 2.29. The molecule has 2 N–H and O–H groups in total. The summed E-state index contributed by atoms with van der Waals surface area (Å²) >= 11 is 0. The van der Waals surface area contributed by atoms with Crippen molar-refractivity contribution in [3.05, 3.63) is 71.5 Å². The average Bonchev–Trinajstić information content (AvgIpc) is 2.70. The van der Waals surface area contributed by atoms with Crippen molar-refractivity contribution in [3.8, 4) is 11.5 Å². The first kappa shape index (κ1) is 19.2. The minimum atomic E-state index is -0.337. The molecule has 1 aromatic heterocycles. The van der Waals surface area contributed by atoms with Crippen molar-refractivity contribution in [1.82, 2.24) is 4.98 Å². The minimum absolute atomic E-state index is 0.291. The number of aromatic nitrogens is 1. The zero-order valence-corrected chi connectivity index (χ0v) is 16.4. The molecule has 0 aliphatic heterocycles. The van der Waals surface area contributed by atoms with Gasteiger partial charge in [0.25, 0.3) is 5.91 Å². The molecule has 6 heteroatoms. The fourth-order valence-electron chi connectivity index (χ4n) is 2.84. The zero-order chi connectivity index (χ0) is 20.1. The summed E-state index contributed by atoms with van der Waals surface area (Å²) in [5.74, 6) is 0.823. The van der Waals surface area contributed by atoms with Crippen LogP contribution in [0.2, 0.25) is 0 Å². The minimum Gasteiger partial charge on any atom is -0.497 e. The number of carbonyl (C=O) groups is 1. The third kappa shape index (κ3) is 4.40. The van der Waals surface area contributed by atoms with E-state index in [2.05, 4.69) is 28.6 Å². The van der Waals surface area contributed by atoms with Crippen molar-refractivity contribution in [2.24, 2.45) is 0 Å². The number of hydrogen-bond donors (Lipinski definition) is 2. The van der Waals surface area contributed by atoms with Gasteiger partial charge in [-0.05, 0) is 49.7 Å². The maximum Gasteiger partial charge on any atom is 0.274 e. The number of hydrogen-bond acceptors (Lipinski definition) is 5. The van der Waals surface area contributed by atoms with E-state index in [1.165, 1.54) is 5.56 Å². The SMILES string of the molecule is COc1ccc(OC)c(NC(=O)c2cc(Nc3ccc(C)cc3C)ccn2)c1. The number of benzene rings is 2. The summed E-state index contributed by atoms with van der Waals surface area (Å²) in [6.07, 6.45) is 1.60. The van der Waals surface area contributed by atoms with Crippen LogP contribution in [0.4, 0.5) is 17.1 Å². The number of amides is 1. The van der Waals surface area contributed by atoms with E-state index in [1.54, 1.807) is 44.7 Å². The number of nitrogens with zero attached hydrogens (tertiary/aromatic N) is 1. The van der Waals surface area contributed by atoms with Crippen molar-refractivity contribution < 1.29 is 14.3 Å². The lowest BCUT2D eigenvalue weighted by Crippen LogP contribution is -2.14.